The molecule has 1 saturated heterocycles. The Balaban J connectivity index is 0.00000264. The molecule has 0 atom stereocenters. The first-order valence-corrected chi connectivity index (χ1v) is 7.19. The molecule has 0 aliphatic carbocycles. The van der Waals surface area contributed by atoms with E-state index >= 15 is 0 Å². The molecule has 0 unspecified atom stereocenters. The highest BCUT2D eigenvalue weighted by Gasteiger charge is 2.36. The SMILES string of the molecule is C[N+]1(Cc2ccccc2)CCN(/C=C/C(=O)C(F)(F)F)CC1.[Cl-]. The van der Waals surface area contributed by atoms with Gasteiger partial charge in [0.05, 0.1) is 33.2 Å². The van der Waals surface area contributed by atoms with Gasteiger partial charge in [0.15, 0.2) is 0 Å². The van der Waals surface area contributed by atoms with E-state index in [1.807, 2.05) is 18.2 Å². The van der Waals surface area contributed by atoms with Gasteiger partial charge in [-0.25, -0.2) is 0 Å². The Morgan fingerprint density at radius 3 is 2.30 bits per heavy atom. The first kappa shape index (κ1) is 19.5. The van der Waals surface area contributed by atoms with Crippen molar-refractivity contribution in [3.8, 4) is 0 Å². The Morgan fingerprint density at radius 1 is 1.22 bits per heavy atom. The van der Waals surface area contributed by atoms with Crippen molar-refractivity contribution in [3.05, 3.63) is 48.2 Å². The van der Waals surface area contributed by atoms with Gasteiger partial charge >= 0.3 is 6.18 Å². The van der Waals surface area contributed by atoms with Crippen LogP contribution in [0, 0.1) is 0 Å². The predicted octanol–water partition coefficient (Wildman–Crippen LogP) is -0.402. The zero-order valence-electron chi connectivity index (χ0n) is 12.9. The second-order valence-electron chi connectivity index (χ2n) is 5.92. The number of benzene rings is 1. The maximum atomic E-state index is 12.1. The number of rotatable bonds is 4. The molecular weight excluding hydrogens is 329 g/mol. The van der Waals surface area contributed by atoms with Crippen molar-refractivity contribution in [1.82, 2.24) is 4.90 Å². The maximum absolute atomic E-state index is 12.1. The van der Waals surface area contributed by atoms with Crippen LogP contribution >= 0.6 is 0 Å². The van der Waals surface area contributed by atoms with Gasteiger partial charge in [0.2, 0.25) is 0 Å². The van der Waals surface area contributed by atoms with Crippen LogP contribution in [0.25, 0.3) is 0 Å². The lowest BCUT2D eigenvalue weighted by Crippen LogP contribution is -3.00. The smallest absolute Gasteiger partial charge is 0.454 e. The summed E-state index contributed by atoms with van der Waals surface area (Å²) in [4.78, 5) is 12.6. The van der Waals surface area contributed by atoms with E-state index in [1.165, 1.54) is 11.8 Å². The van der Waals surface area contributed by atoms with Crippen molar-refractivity contribution in [1.29, 1.82) is 0 Å². The van der Waals surface area contributed by atoms with Crippen molar-refractivity contribution in [2.75, 3.05) is 33.2 Å². The van der Waals surface area contributed by atoms with Gasteiger partial charge in [-0.15, -0.1) is 0 Å². The molecule has 1 aromatic carbocycles. The number of hydrogen-bond acceptors (Lipinski definition) is 2. The van der Waals surface area contributed by atoms with Crippen molar-refractivity contribution in [3.63, 3.8) is 0 Å². The highest BCUT2D eigenvalue weighted by atomic mass is 35.5. The van der Waals surface area contributed by atoms with Gasteiger partial charge in [-0.1, -0.05) is 30.3 Å². The zero-order chi connectivity index (χ0) is 16.2. The topological polar surface area (TPSA) is 20.3 Å². The lowest BCUT2D eigenvalue weighted by Gasteiger charge is -2.41. The average Bonchev–Trinajstić information content (AvgIpc) is 2.46. The number of allylic oxidation sites excluding steroid dienone is 1. The molecule has 0 bridgehead atoms. The van der Waals surface area contributed by atoms with Crippen LogP contribution in [-0.2, 0) is 11.3 Å². The third-order valence-corrected chi connectivity index (χ3v) is 3.98. The molecule has 0 spiro atoms. The summed E-state index contributed by atoms with van der Waals surface area (Å²) < 4.78 is 37.3. The number of likely N-dealkylation sites (N-methyl/N-ethyl adjacent to an activating group) is 1. The number of ketones is 1. The Labute approximate surface area is 140 Å². The summed E-state index contributed by atoms with van der Waals surface area (Å²) in [6.07, 6.45) is -2.90. The van der Waals surface area contributed by atoms with E-state index < -0.39 is 12.0 Å². The van der Waals surface area contributed by atoms with Crippen molar-refractivity contribution >= 4 is 5.78 Å². The van der Waals surface area contributed by atoms with E-state index in [0.717, 1.165) is 24.1 Å². The number of hydrogen-bond donors (Lipinski definition) is 0. The molecule has 0 aromatic heterocycles. The van der Waals surface area contributed by atoms with Crippen LogP contribution in [0.15, 0.2) is 42.6 Å². The molecule has 0 radical (unpaired) electrons. The molecule has 0 N–H and O–H groups in total. The highest BCUT2D eigenvalue weighted by molar-refractivity contribution is 5.94. The van der Waals surface area contributed by atoms with Crippen molar-refractivity contribution < 1.29 is 34.9 Å². The summed E-state index contributed by atoms with van der Waals surface area (Å²) in [6, 6.07) is 10.1. The van der Waals surface area contributed by atoms with Gasteiger partial charge in [0, 0.05) is 17.8 Å². The number of carbonyl (C=O) groups excluding carboxylic acids is 1. The molecule has 7 heteroatoms. The molecule has 1 aromatic rings. The summed E-state index contributed by atoms with van der Waals surface area (Å²) in [6.45, 7) is 3.86. The number of quaternary nitrogens is 1. The Bertz CT molecular complexity index is 538. The number of alkyl halides is 3. The van der Waals surface area contributed by atoms with Gasteiger partial charge in [0.1, 0.15) is 6.54 Å². The number of piperazine rings is 1. The summed E-state index contributed by atoms with van der Waals surface area (Å²) in [7, 11) is 2.15. The fourth-order valence-corrected chi connectivity index (χ4v) is 2.56. The van der Waals surface area contributed by atoms with Crippen molar-refractivity contribution in [2.45, 2.75) is 12.7 Å². The maximum Gasteiger partial charge on any atom is 0.454 e. The van der Waals surface area contributed by atoms with Gasteiger partial charge in [0.25, 0.3) is 5.78 Å². The van der Waals surface area contributed by atoms with Gasteiger partial charge in [-0.05, 0) is 0 Å². The number of nitrogens with zero attached hydrogens (tertiary/aromatic N) is 2. The number of carbonyl (C=O) groups is 1. The molecule has 0 amide bonds. The summed E-state index contributed by atoms with van der Waals surface area (Å²) in [5.74, 6) is -1.81. The van der Waals surface area contributed by atoms with E-state index in [-0.39, 0.29) is 12.4 Å². The summed E-state index contributed by atoms with van der Waals surface area (Å²) in [5.41, 5.74) is 1.25. The lowest BCUT2D eigenvalue weighted by molar-refractivity contribution is -0.926. The van der Waals surface area contributed by atoms with E-state index in [2.05, 4.69) is 19.2 Å². The Morgan fingerprint density at radius 2 is 1.78 bits per heavy atom. The Kier molecular flexibility index (Phi) is 6.65. The lowest BCUT2D eigenvalue weighted by atomic mass is 10.1. The fraction of sp³-hybridized carbons (Fsp3) is 0.438. The van der Waals surface area contributed by atoms with Crippen LogP contribution in [0.5, 0.6) is 0 Å². The quantitative estimate of drug-likeness (QED) is 0.545. The molecule has 0 saturated carbocycles. The predicted molar refractivity (Wildman–Crippen MR) is 77.8 cm³/mol. The Hall–Kier alpha value is -1.53. The monoisotopic (exact) mass is 348 g/mol. The average molecular weight is 349 g/mol. The minimum atomic E-state index is -4.79. The standard InChI is InChI=1S/C16H20F3N2O.ClH/c1-21(13-14-5-3-2-4-6-14)11-9-20(10-12-21)8-7-15(22)16(17,18)19;/h2-8H,9-13H2,1H3;1H/q+1;/p-1/b8-7+;. The van der Waals surface area contributed by atoms with Crippen LogP contribution in [-0.4, -0.2) is 54.6 Å². The van der Waals surface area contributed by atoms with Crippen LogP contribution in [0.2, 0.25) is 0 Å². The van der Waals surface area contributed by atoms with Crippen LogP contribution in [0.4, 0.5) is 13.2 Å². The number of halogens is 4. The molecule has 1 aliphatic heterocycles. The summed E-state index contributed by atoms with van der Waals surface area (Å²) in [5, 5.41) is 0. The largest absolute Gasteiger partial charge is 1.00 e. The third-order valence-electron chi connectivity index (χ3n) is 3.98. The second kappa shape index (κ2) is 7.84. The van der Waals surface area contributed by atoms with E-state index in [4.69, 9.17) is 0 Å². The van der Waals surface area contributed by atoms with E-state index in [9.17, 15) is 18.0 Å². The van der Waals surface area contributed by atoms with Gasteiger partial charge < -0.3 is 21.8 Å². The fourth-order valence-electron chi connectivity index (χ4n) is 2.56. The molecule has 2 rings (SSSR count). The van der Waals surface area contributed by atoms with E-state index in [1.54, 1.807) is 4.90 Å². The second-order valence-corrected chi connectivity index (χ2v) is 5.92. The molecule has 1 heterocycles. The first-order chi connectivity index (χ1) is 10.3. The minimum absolute atomic E-state index is 0. The van der Waals surface area contributed by atoms with Crippen molar-refractivity contribution in [2.24, 2.45) is 0 Å². The van der Waals surface area contributed by atoms with Crippen LogP contribution < -0.4 is 12.4 Å². The molecule has 1 fully saturated rings. The summed E-state index contributed by atoms with van der Waals surface area (Å²) >= 11 is 0. The molecule has 3 nitrogen and oxygen atoms in total. The normalized spacial score (nSPS) is 17.8. The third kappa shape index (κ3) is 5.88. The molecule has 23 heavy (non-hydrogen) atoms. The minimum Gasteiger partial charge on any atom is -1.00 e. The molecule has 1 aliphatic rings. The van der Waals surface area contributed by atoms with Gasteiger partial charge in [-0.3, -0.25) is 4.79 Å². The molecule has 128 valence electrons. The van der Waals surface area contributed by atoms with Crippen LogP contribution in [0.3, 0.4) is 0 Å². The van der Waals surface area contributed by atoms with Gasteiger partial charge in [-0.2, -0.15) is 13.2 Å². The zero-order valence-corrected chi connectivity index (χ0v) is 13.6. The molecular formula is C16H20ClF3N2O. The highest BCUT2D eigenvalue weighted by Crippen LogP contribution is 2.18. The first-order valence-electron chi connectivity index (χ1n) is 7.19. The van der Waals surface area contributed by atoms with Crippen LogP contribution in [0.1, 0.15) is 5.56 Å². The van der Waals surface area contributed by atoms with E-state index in [0.29, 0.717) is 19.2 Å².